The minimum atomic E-state index is 0.609. The van der Waals surface area contributed by atoms with Crippen LogP contribution in [0.15, 0.2) is 18.2 Å². The van der Waals surface area contributed by atoms with Crippen LogP contribution in [0.25, 0.3) is 0 Å². The number of thiocarbonyl (C=S) groups is 1. The average Bonchev–Trinajstić information content (AvgIpc) is 2.40. The van der Waals surface area contributed by atoms with Crippen molar-refractivity contribution in [3.8, 4) is 0 Å². The molecule has 0 aromatic heterocycles. The predicted octanol–water partition coefficient (Wildman–Crippen LogP) is 4.64. The summed E-state index contributed by atoms with van der Waals surface area (Å²) < 4.78 is 0. The molecular formula is C16H23ClN2S. The van der Waals surface area contributed by atoms with Gasteiger partial charge in [-0.2, -0.15) is 0 Å². The first kappa shape index (κ1) is 17.0. The van der Waals surface area contributed by atoms with Gasteiger partial charge in [0.2, 0.25) is 0 Å². The highest BCUT2D eigenvalue weighted by Crippen LogP contribution is 2.32. The highest BCUT2D eigenvalue weighted by atomic mass is 35.5. The number of anilines is 1. The van der Waals surface area contributed by atoms with Crippen LogP contribution in [0.2, 0.25) is 5.02 Å². The Labute approximate surface area is 132 Å². The molecule has 0 aliphatic heterocycles. The van der Waals surface area contributed by atoms with E-state index in [0.717, 1.165) is 40.3 Å². The molecule has 110 valence electrons. The lowest BCUT2D eigenvalue weighted by Gasteiger charge is -2.19. The summed E-state index contributed by atoms with van der Waals surface area (Å²) in [4.78, 5) is 0. The summed E-state index contributed by atoms with van der Waals surface area (Å²) in [5, 5.41) is 7.88. The number of rotatable bonds is 5. The van der Waals surface area contributed by atoms with Crippen LogP contribution in [0.1, 0.15) is 37.5 Å². The lowest BCUT2D eigenvalue weighted by atomic mass is 9.99. The number of nitrogens with one attached hydrogen (secondary N) is 2. The van der Waals surface area contributed by atoms with Crippen molar-refractivity contribution in [2.45, 2.75) is 40.5 Å². The number of hydrogen-bond acceptors (Lipinski definition) is 1. The zero-order valence-electron chi connectivity index (χ0n) is 12.7. The van der Waals surface area contributed by atoms with Crippen molar-refractivity contribution >= 4 is 34.6 Å². The third-order valence-electron chi connectivity index (χ3n) is 3.15. The van der Waals surface area contributed by atoms with E-state index in [1.807, 2.05) is 13.8 Å². The molecule has 4 heteroatoms. The van der Waals surface area contributed by atoms with E-state index in [4.69, 9.17) is 23.8 Å². The van der Waals surface area contributed by atoms with Crippen LogP contribution in [0.5, 0.6) is 0 Å². The third-order valence-corrected chi connectivity index (χ3v) is 3.92. The molecule has 0 spiro atoms. The topological polar surface area (TPSA) is 24.1 Å². The van der Waals surface area contributed by atoms with E-state index >= 15 is 0 Å². The normalized spacial score (nSPS) is 10.2. The maximum absolute atomic E-state index is 6.42. The quantitative estimate of drug-likeness (QED) is 0.612. The number of benzene rings is 1. The van der Waals surface area contributed by atoms with Crippen molar-refractivity contribution in [2.75, 3.05) is 11.9 Å². The largest absolute Gasteiger partial charge is 0.359 e. The lowest BCUT2D eigenvalue weighted by molar-refractivity contribution is 0.996. The molecule has 1 rings (SSSR count). The minimum Gasteiger partial charge on any atom is -0.359 e. The first-order valence-electron chi connectivity index (χ1n) is 6.90. The van der Waals surface area contributed by atoms with Gasteiger partial charge in [0.15, 0.2) is 5.11 Å². The summed E-state index contributed by atoms with van der Waals surface area (Å²) in [6, 6.07) is 2.13. The van der Waals surface area contributed by atoms with Crippen molar-refractivity contribution in [1.29, 1.82) is 0 Å². The molecular weight excluding hydrogens is 288 g/mol. The second-order valence-corrected chi connectivity index (χ2v) is 5.78. The second-order valence-electron chi connectivity index (χ2n) is 4.99. The maximum atomic E-state index is 6.42. The molecule has 2 nitrogen and oxygen atoms in total. The Kier molecular flexibility index (Phi) is 6.50. The smallest absolute Gasteiger partial charge is 0.171 e. The van der Waals surface area contributed by atoms with Crippen LogP contribution >= 0.6 is 23.8 Å². The maximum Gasteiger partial charge on any atom is 0.171 e. The Bertz CT molecular complexity index is 524. The minimum absolute atomic E-state index is 0.609. The fourth-order valence-electron chi connectivity index (χ4n) is 2.09. The monoisotopic (exact) mass is 310 g/mol. The van der Waals surface area contributed by atoms with E-state index in [9.17, 15) is 0 Å². The zero-order valence-corrected chi connectivity index (χ0v) is 14.3. The van der Waals surface area contributed by atoms with E-state index in [1.54, 1.807) is 0 Å². The standard InChI is InChI=1S/C16H23ClN2S/c1-6-12-8-11(5)14(17)13(7-2)15(12)19-16(20)18-9-10(3)4/h8H,3,6-7,9H2,1-2,4-5H3,(H2,18,19,20). The van der Waals surface area contributed by atoms with Crippen LogP contribution in [-0.2, 0) is 12.8 Å². The van der Waals surface area contributed by atoms with Gasteiger partial charge in [-0.25, -0.2) is 0 Å². The van der Waals surface area contributed by atoms with Crippen LogP contribution in [0.3, 0.4) is 0 Å². The molecule has 0 saturated heterocycles. The third kappa shape index (κ3) is 4.22. The second kappa shape index (κ2) is 7.65. The van der Waals surface area contributed by atoms with E-state index < -0.39 is 0 Å². The van der Waals surface area contributed by atoms with Gasteiger partial charge in [0.05, 0.1) is 0 Å². The number of aryl methyl sites for hydroxylation is 2. The zero-order chi connectivity index (χ0) is 15.3. The van der Waals surface area contributed by atoms with Gasteiger partial charge in [-0.3, -0.25) is 0 Å². The number of hydrogen-bond donors (Lipinski definition) is 2. The predicted molar refractivity (Wildman–Crippen MR) is 94.0 cm³/mol. The Morgan fingerprint density at radius 2 is 2.00 bits per heavy atom. The molecule has 20 heavy (non-hydrogen) atoms. The highest BCUT2D eigenvalue weighted by Gasteiger charge is 2.14. The van der Waals surface area contributed by atoms with Crippen LogP contribution in [0, 0.1) is 6.92 Å². The molecule has 0 heterocycles. The van der Waals surface area contributed by atoms with E-state index in [-0.39, 0.29) is 0 Å². The van der Waals surface area contributed by atoms with Gasteiger partial charge in [0.25, 0.3) is 0 Å². The van der Waals surface area contributed by atoms with E-state index in [0.29, 0.717) is 11.7 Å². The molecule has 0 fully saturated rings. The average molecular weight is 311 g/mol. The molecule has 0 atom stereocenters. The summed E-state index contributed by atoms with van der Waals surface area (Å²) in [7, 11) is 0. The Morgan fingerprint density at radius 3 is 2.50 bits per heavy atom. The highest BCUT2D eigenvalue weighted by molar-refractivity contribution is 7.80. The van der Waals surface area contributed by atoms with Gasteiger partial charge < -0.3 is 10.6 Å². The van der Waals surface area contributed by atoms with Gasteiger partial charge in [-0.05, 0) is 55.6 Å². The summed E-state index contributed by atoms with van der Waals surface area (Å²) >= 11 is 11.8. The molecule has 2 N–H and O–H groups in total. The summed E-state index contributed by atoms with van der Waals surface area (Å²) in [5.41, 5.74) is 5.57. The molecule has 0 aliphatic rings. The first-order valence-corrected chi connectivity index (χ1v) is 7.69. The van der Waals surface area contributed by atoms with Crippen LogP contribution in [0.4, 0.5) is 5.69 Å². The Morgan fingerprint density at radius 1 is 1.35 bits per heavy atom. The molecule has 0 bridgehead atoms. The van der Waals surface area contributed by atoms with Gasteiger partial charge in [-0.1, -0.05) is 43.7 Å². The summed E-state index contributed by atoms with van der Waals surface area (Å²) in [6.07, 6.45) is 1.81. The molecule has 0 aliphatic carbocycles. The van der Waals surface area contributed by atoms with Crippen molar-refractivity contribution in [3.05, 3.63) is 39.9 Å². The van der Waals surface area contributed by atoms with Gasteiger partial charge >= 0.3 is 0 Å². The molecule has 1 aromatic carbocycles. The first-order chi connectivity index (χ1) is 9.40. The van der Waals surface area contributed by atoms with Crippen molar-refractivity contribution < 1.29 is 0 Å². The van der Waals surface area contributed by atoms with Crippen molar-refractivity contribution in [1.82, 2.24) is 5.32 Å². The fourth-order valence-corrected chi connectivity index (χ4v) is 2.55. The van der Waals surface area contributed by atoms with Crippen LogP contribution in [-0.4, -0.2) is 11.7 Å². The number of halogens is 1. The van der Waals surface area contributed by atoms with E-state index in [2.05, 4.69) is 37.1 Å². The molecule has 0 unspecified atom stereocenters. The molecule has 0 amide bonds. The SMILES string of the molecule is C=C(C)CNC(=S)Nc1c(CC)cc(C)c(Cl)c1CC. The Hall–Kier alpha value is -1.06. The summed E-state index contributed by atoms with van der Waals surface area (Å²) in [6.45, 7) is 12.8. The molecule has 0 radical (unpaired) electrons. The summed E-state index contributed by atoms with van der Waals surface area (Å²) in [5.74, 6) is 0. The van der Waals surface area contributed by atoms with Gasteiger partial charge in [-0.15, -0.1) is 0 Å². The van der Waals surface area contributed by atoms with Crippen molar-refractivity contribution in [3.63, 3.8) is 0 Å². The van der Waals surface area contributed by atoms with Crippen LogP contribution < -0.4 is 10.6 Å². The lowest BCUT2D eigenvalue weighted by Crippen LogP contribution is -2.30. The van der Waals surface area contributed by atoms with Gasteiger partial charge in [0, 0.05) is 17.3 Å². The fraction of sp³-hybridized carbons (Fsp3) is 0.438. The Balaban J connectivity index is 3.06. The van der Waals surface area contributed by atoms with Gasteiger partial charge in [0.1, 0.15) is 0 Å². The van der Waals surface area contributed by atoms with E-state index in [1.165, 1.54) is 5.56 Å². The molecule has 1 aromatic rings. The molecule has 0 saturated carbocycles. The van der Waals surface area contributed by atoms with Crippen molar-refractivity contribution in [2.24, 2.45) is 0 Å².